The zero-order valence-corrected chi connectivity index (χ0v) is 16.9. The summed E-state index contributed by atoms with van der Waals surface area (Å²) in [5, 5.41) is 9.67. The highest BCUT2D eigenvalue weighted by molar-refractivity contribution is 7.89. The largest absolute Gasteiger partial charge is 0.593 e. The lowest BCUT2D eigenvalue weighted by Gasteiger charge is -2.22. The van der Waals surface area contributed by atoms with Crippen LogP contribution in [0.4, 0.5) is 10.8 Å². The van der Waals surface area contributed by atoms with Crippen LogP contribution in [0, 0.1) is 18.3 Å². The van der Waals surface area contributed by atoms with E-state index in [0.717, 1.165) is 16.1 Å². The molecule has 0 aliphatic heterocycles. The summed E-state index contributed by atoms with van der Waals surface area (Å²) in [4.78, 5) is 23.5. The van der Waals surface area contributed by atoms with E-state index in [9.17, 15) is 9.35 Å². The molecule has 7 nitrogen and oxygen atoms in total. The van der Waals surface area contributed by atoms with Gasteiger partial charge in [-0.3, -0.25) is 9.78 Å². The number of hydrogen-bond acceptors (Lipinski definition) is 7. The van der Waals surface area contributed by atoms with Gasteiger partial charge in [-0.2, -0.15) is 9.98 Å². The SMILES string of the molecule is Cc1sc(N(Cc2ccncc2)c2ccc(C#N)cc2)nc1C(=O)N[S+](C)[O-]. The van der Waals surface area contributed by atoms with E-state index in [4.69, 9.17) is 5.26 Å². The van der Waals surface area contributed by atoms with Crippen molar-refractivity contribution in [1.82, 2.24) is 14.7 Å². The number of hydrogen-bond donors (Lipinski definition) is 1. The average Bonchev–Trinajstić information content (AvgIpc) is 3.08. The number of aryl methyl sites for hydroxylation is 1. The molecular weight excluding hydrogens is 394 g/mol. The Bertz CT molecular complexity index is 997. The maximum Gasteiger partial charge on any atom is 0.311 e. The molecule has 0 radical (unpaired) electrons. The van der Waals surface area contributed by atoms with Crippen molar-refractivity contribution in [2.24, 2.45) is 0 Å². The van der Waals surface area contributed by atoms with E-state index in [2.05, 4.69) is 20.8 Å². The molecule has 0 spiro atoms. The van der Waals surface area contributed by atoms with Crippen LogP contribution >= 0.6 is 11.3 Å². The summed E-state index contributed by atoms with van der Waals surface area (Å²) < 4.78 is 13.7. The van der Waals surface area contributed by atoms with E-state index in [1.54, 1.807) is 31.5 Å². The van der Waals surface area contributed by atoms with Crippen LogP contribution in [0.25, 0.3) is 0 Å². The molecule has 28 heavy (non-hydrogen) atoms. The molecule has 3 rings (SSSR count). The predicted molar refractivity (Wildman–Crippen MR) is 110 cm³/mol. The van der Waals surface area contributed by atoms with Crippen LogP contribution in [0.15, 0.2) is 48.8 Å². The van der Waals surface area contributed by atoms with Gasteiger partial charge in [0.15, 0.2) is 5.13 Å². The first-order valence-corrected chi connectivity index (χ1v) is 10.6. The molecule has 1 N–H and O–H groups in total. The minimum Gasteiger partial charge on any atom is -0.593 e. The second kappa shape index (κ2) is 8.84. The van der Waals surface area contributed by atoms with Crippen molar-refractivity contribution in [1.29, 1.82) is 5.26 Å². The first-order chi connectivity index (χ1) is 13.5. The number of carbonyl (C=O) groups excluding carboxylic acids is 1. The van der Waals surface area contributed by atoms with Gasteiger partial charge in [-0.25, -0.2) is 4.98 Å². The van der Waals surface area contributed by atoms with Gasteiger partial charge in [0.2, 0.25) is 0 Å². The van der Waals surface area contributed by atoms with Gasteiger partial charge in [0.05, 0.1) is 29.5 Å². The molecule has 1 amide bonds. The van der Waals surface area contributed by atoms with E-state index in [1.165, 1.54) is 17.6 Å². The Morgan fingerprint density at radius 2 is 1.96 bits per heavy atom. The number of anilines is 2. The van der Waals surface area contributed by atoms with Gasteiger partial charge in [0.25, 0.3) is 0 Å². The maximum absolute atomic E-state index is 12.3. The summed E-state index contributed by atoms with van der Waals surface area (Å²) >= 11 is -0.0869. The van der Waals surface area contributed by atoms with E-state index in [0.29, 0.717) is 17.2 Å². The van der Waals surface area contributed by atoms with Crippen LogP contribution < -0.4 is 9.62 Å². The fraction of sp³-hybridized carbons (Fsp3) is 0.158. The van der Waals surface area contributed by atoms with Gasteiger partial charge >= 0.3 is 5.91 Å². The highest BCUT2D eigenvalue weighted by Crippen LogP contribution is 2.33. The maximum atomic E-state index is 12.3. The average molecular weight is 412 g/mol. The zero-order chi connectivity index (χ0) is 20.1. The quantitative estimate of drug-likeness (QED) is 0.625. The predicted octanol–water partition coefficient (Wildman–Crippen LogP) is 3.08. The number of nitriles is 1. The highest BCUT2D eigenvalue weighted by atomic mass is 32.2. The number of aromatic nitrogens is 2. The highest BCUT2D eigenvalue weighted by Gasteiger charge is 2.22. The Hall–Kier alpha value is -2.93. The van der Waals surface area contributed by atoms with Crippen LogP contribution in [-0.4, -0.2) is 26.7 Å². The van der Waals surface area contributed by atoms with Crippen molar-refractivity contribution in [3.05, 3.63) is 70.5 Å². The number of nitrogens with one attached hydrogen (secondary N) is 1. The lowest BCUT2D eigenvalue weighted by molar-refractivity contribution is 0.0977. The lowest BCUT2D eigenvalue weighted by atomic mass is 10.2. The number of pyridine rings is 1. The van der Waals surface area contributed by atoms with Crippen LogP contribution in [0.3, 0.4) is 0 Å². The molecule has 1 aromatic carbocycles. The van der Waals surface area contributed by atoms with Crippen LogP contribution in [0.2, 0.25) is 0 Å². The summed E-state index contributed by atoms with van der Waals surface area (Å²) in [6.45, 7) is 2.32. The van der Waals surface area contributed by atoms with Gasteiger partial charge in [-0.05, 0) is 48.9 Å². The van der Waals surface area contributed by atoms with Crippen LogP contribution in [0.1, 0.15) is 26.5 Å². The second-order valence-corrected chi connectivity index (χ2v) is 8.18. The zero-order valence-electron chi connectivity index (χ0n) is 15.2. The third-order valence-electron chi connectivity index (χ3n) is 3.87. The third kappa shape index (κ3) is 4.67. The van der Waals surface area contributed by atoms with Crippen molar-refractivity contribution in [3.8, 4) is 6.07 Å². The summed E-state index contributed by atoms with van der Waals surface area (Å²) in [5.41, 5.74) is 2.68. The van der Waals surface area contributed by atoms with Crippen molar-refractivity contribution in [2.45, 2.75) is 13.5 Å². The van der Waals surface area contributed by atoms with Crippen molar-refractivity contribution < 1.29 is 9.35 Å². The Balaban J connectivity index is 1.99. The first-order valence-electron chi connectivity index (χ1n) is 8.26. The molecule has 9 heteroatoms. The van der Waals surface area contributed by atoms with Gasteiger partial charge < -0.3 is 9.45 Å². The molecule has 0 saturated carbocycles. The lowest BCUT2D eigenvalue weighted by Crippen LogP contribution is -2.30. The van der Waals surface area contributed by atoms with Gasteiger partial charge in [0.1, 0.15) is 11.9 Å². The normalized spacial score (nSPS) is 11.5. The van der Waals surface area contributed by atoms with Crippen molar-refractivity contribution in [2.75, 3.05) is 11.2 Å². The smallest absolute Gasteiger partial charge is 0.311 e. The monoisotopic (exact) mass is 411 g/mol. The number of rotatable bonds is 6. The molecule has 3 aromatic rings. The Morgan fingerprint density at radius 1 is 1.29 bits per heavy atom. The second-order valence-electron chi connectivity index (χ2n) is 5.89. The fourth-order valence-electron chi connectivity index (χ4n) is 2.54. The van der Waals surface area contributed by atoms with Crippen molar-refractivity contribution >= 4 is 39.4 Å². The number of amides is 1. The number of benzene rings is 1. The Kier molecular flexibility index (Phi) is 6.26. The number of nitrogens with zero attached hydrogens (tertiary/aromatic N) is 4. The summed E-state index contributed by atoms with van der Waals surface area (Å²) in [7, 11) is 0. The molecule has 0 saturated heterocycles. The molecular formula is C19H17N5O2S2. The van der Waals surface area contributed by atoms with Gasteiger partial charge in [0, 0.05) is 23.0 Å². The molecule has 0 fully saturated rings. The molecule has 1 unspecified atom stereocenters. The molecule has 0 bridgehead atoms. The standard InChI is InChI=1S/C19H17N5O2S2/c1-13-17(18(25)23-28(2)26)22-19(27-13)24(12-15-7-9-21-10-8-15)16-5-3-14(11-20)4-6-16/h3-10H,12H2,1-2H3,(H,23,25). The minimum absolute atomic E-state index is 0.253. The number of thiazole rings is 1. The first kappa shape index (κ1) is 19.8. The molecule has 2 aromatic heterocycles. The Morgan fingerprint density at radius 3 is 2.57 bits per heavy atom. The fourth-order valence-corrected chi connectivity index (χ4v) is 3.83. The van der Waals surface area contributed by atoms with Crippen molar-refractivity contribution in [3.63, 3.8) is 0 Å². The third-order valence-corrected chi connectivity index (χ3v) is 5.33. The number of carbonyl (C=O) groups is 1. The molecule has 142 valence electrons. The van der Waals surface area contributed by atoms with Gasteiger partial charge in [-0.1, -0.05) is 0 Å². The Labute approximate surface area is 170 Å². The van der Waals surface area contributed by atoms with E-state index >= 15 is 0 Å². The van der Waals surface area contributed by atoms with E-state index in [-0.39, 0.29) is 5.69 Å². The topological polar surface area (TPSA) is 105 Å². The van der Waals surface area contributed by atoms with Crippen LogP contribution in [-0.2, 0) is 17.9 Å². The molecule has 1 atom stereocenters. The molecule has 0 aliphatic carbocycles. The molecule has 0 aliphatic rings. The summed E-state index contributed by atoms with van der Waals surface area (Å²) in [6.07, 6.45) is 4.83. The van der Waals surface area contributed by atoms with Gasteiger partial charge in [-0.15, -0.1) is 11.3 Å². The molecule has 2 heterocycles. The summed E-state index contributed by atoms with van der Waals surface area (Å²) in [6, 6.07) is 13.1. The minimum atomic E-state index is -1.46. The van der Waals surface area contributed by atoms with Crippen LogP contribution in [0.5, 0.6) is 0 Å². The van der Waals surface area contributed by atoms with E-state index in [1.807, 2.05) is 29.2 Å². The van der Waals surface area contributed by atoms with E-state index < -0.39 is 17.3 Å². The summed E-state index contributed by atoms with van der Waals surface area (Å²) in [5.74, 6) is -0.468.